The quantitative estimate of drug-likeness (QED) is 0.0849. The first kappa shape index (κ1) is 34.9. The zero-order chi connectivity index (χ0) is 26.5. The Morgan fingerprint density at radius 1 is 0.611 bits per heavy atom. The van der Waals surface area contributed by atoms with E-state index in [1.54, 1.807) is 0 Å². The molecule has 1 N–H and O–H groups in total. The maximum absolute atomic E-state index is 10.6. The van der Waals surface area contributed by atoms with Crippen LogP contribution in [0.4, 0.5) is 0 Å². The monoisotopic (exact) mass is 505 g/mol. The summed E-state index contributed by atoms with van der Waals surface area (Å²) in [6.45, 7) is 3.47. The van der Waals surface area contributed by atoms with Gasteiger partial charge in [0.25, 0.3) is 0 Å². The van der Waals surface area contributed by atoms with Crippen molar-refractivity contribution in [1.82, 2.24) is 4.90 Å². The molecule has 0 aliphatic carbocycles. The fraction of sp³-hybridized carbons (Fsp3) is 0.848. The van der Waals surface area contributed by atoms with Crippen LogP contribution in [0.1, 0.15) is 155 Å². The average molecular weight is 506 g/mol. The third-order valence-corrected chi connectivity index (χ3v) is 7.27. The molecule has 0 rings (SSSR count). The summed E-state index contributed by atoms with van der Waals surface area (Å²) < 4.78 is 0. The van der Waals surface area contributed by atoms with Crippen LogP contribution in [0.25, 0.3) is 0 Å². The largest absolute Gasteiger partial charge is 0.481 e. The molecule has 0 aliphatic rings. The van der Waals surface area contributed by atoms with Crippen LogP contribution >= 0.6 is 0 Å². The Bertz CT molecular complexity index is 512. The first-order chi connectivity index (χ1) is 17.6. The fourth-order valence-corrected chi connectivity index (χ4v) is 4.86. The molecule has 0 aromatic heterocycles. The molecule has 1 atom stereocenters. The lowest BCUT2D eigenvalue weighted by atomic mass is 9.91. The van der Waals surface area contributed by atoms with Crippen LogP contribution in [0.15, 0.2) is 24.3 Å². The molecule has 0 bridgehead atoms. The molecule has 0 aromatic rings. The topological polar surface area (TPSA) is 40.5 Å². The number of hydrogen-bond donors (Lipinski definition) is 1. The van der Waals surface area contributed by atoms with E-state index in [9.17, 15) is 4.79 Å². The minimum absolute atomic E-state index is 0.286. The van der Waals surface area contributed by atoms with Crippen molar-refractivity contribution in [3.05, 3.63) is 24.3 Å². The number of aliphatic carboxylic acids is 1. The van der Waals surface area contributed by atoms with E-state index in [1.165, 1.54) is 129 Å². The SMILES string of the molecule is CCCCC/C=C\CCCCCCCCCCCCC(CCC/C=C/CCCC(=O)O)CCN(C)C. The zero-order valence-corrected chi connectivity index (χ0v) is 24.7. The van der Waals surface area contributed by atoms with Crippen LogP contribution in [0.3, 0.4) is 0 Å². The number of carboxylic acid groups (broad SMARTS) is 1. The molecule has 3 heteroatoms. The van der Waals surface area contributed by atoms with Gasteiger partial charge >= 0.3 is 5.97 Å². The van der Waals surface area contributed by atoms with Crippen molar-refractivity contribution in [2.24, 2.45) is 5.92 Å². The molecule has 0 aliphatic heterocycles. The number of allylic oxidation sites excluding steroid dienone is 4. The van der Waals surface area contributed by atoms with E-state index in [0.29, 0.717) is 0 Å². The fourth-order valence-electron chi connectivity index (χ4n) is 4.86. The Kier molecular flexibility index (Phi) is 27.6. The Labute approximate surface area is 226 Å². The molecule has 0 spiro atoms. The van der Waals surface area contributed by atoms with Gasteiger partial charge in [-0.1, -0.05) is 115 Å². The Morgan fingerprint density at radius 3 is 1.58 bits per heavy atom. The van der Waals surface area contributed by atoms with Gasteiger partial charge in [0.05, 0.1) is 0 Å². The maximum atomic E-state index is 10.6. The van der Waals surface area contributed by atoms with E-state index in [2.05, 4.69) is 50.2 Å². The summed E-state index contributed by atoms with van der Waals surface area (Å²) in [5.41, 5.74) is 0. The molecule has 0 fully saturated rings. The van der Waals surface area contributed by atoms with E-state index in [1.807, 2.05) is 0 Å². The van der Waals surface area contributed by atoms with Crippen LogP contribution in [-0.2, 0) is 4.79 Å². The second kappa shape index (κ2) is 28.5. The summed E-state index contributed by atoms with van der Waals surface area (Å²) in [5.74, 6) is 0.175. The lowest BCUT2D eigenvalue weighted by Crippen LogP contribution is -2.16. The first-order valence-electron chi connectivity index (χ1n) is 15.7. The van der Waals surface area contributed by atoms with Gasteiger partial charge in [-0.2, -0.15) is 0 Å². The van der Waals surface area contributed by atoms with Gasteiger partial charge in [-0.3, -0.25) is 4.79 Å². The Morgan fingerprint density at radius 2 is 1.06 bits per heavy atom. The first-order valence-corrected chi connectivity index (χ1v) is 15.7. The molecule has 0 saturated heterocycles. The van der Waals surface area contributed by atoms with Gasteiger partial charge in [0.1, 0.15) is 0 Å². The van der Waals surface area contributed by atoms with Crippen molar-refractivity contribution in [3.63, 3.8) is 0 Å². The number of rotatable bonds is 28. The molecule has 0 aromatic carbocycles. The summed E-state index contributed by atoms with van der Waals surface area (Å²) in [7, 11) is 4.37. The molecule has 0 saturated carbocycles. The van der Waals surface area contributed by atoms with Crippen molar-refractivity contribution in [2.45, 2.75) is 155 Å². The average Bonchev–Trinajstić information content (AvgIpc) is 2.85. The van der Waals surface area contributed by atoms with E-state index >= 15 is 0 Å². The van der Waals surface area contributed by atoms with Gasteiger partial charge in [-0.15, -0.1) is 0 Å². The normalized spacial score (nSPS) is 12.9. The predicted molar refractivity (Wildman–Crippen MR) is 160 cm³/mol. The van der Waals surface area contributed by atoms with E-state index in [0.717, 1.165) is 25.2 Å². The Hall–Kier alpha value is -1.09. The number of unbranched alkanes of at least 4 members (excludes halogenated alkanes) is 15. The van der Waals surface area contributed by atoms with Gasteiger partial charge in [-0.25, -0.2) is 0 Å². The lowest BCUT2D eigenvalue weighted by molar-refractivity contribution is -0.137. The summed E-state index contributed by atoms with van der Waals surface area (Å²) in [6, 6.07) is 0. The predicted octanol–water partition coefficient (Wildman–Crippen LogP) is 10.4. The lowest BCUT2D eigenvalue weighted by Gasteiger charge is -2.19. The van der Waals surface area contributed by atoms with Gasteiger partial charge in [-0.05, 0) is 84.3 Å². The molecule has 1 unspecified atom stereocenters. The number of hydrogen-bond acceptors (Lipinski definition) is 2. The third-order valence-electron chi connectivity index (χ3n) is 7.27. The van der Waals surface area contributed by atoms with Crippen molar-refractivity contribution < 1.29 is 9.90 Å². The van der Waals surface area contributed by atoms with E-state index in [-0.39, 0.29) is 6.42 Å². The van der Waals surface area contributed by atoms with Crippen LogP contribution in [0.5, 0.6) is 0 Å². The van der Waals surface area contributed by atoms with Gasteiger partial charge < -0.3 is 10.0 Å². The van der Waals surface area contributed by atoms with Crippen LogP contribution < -0.4 is 0 Å². The highest BCUT2D eigenvalue weighted by molar-refractivity contribution is 5.66. The Balaban J connectivity index is 3.64. The molecule has 0 radical (unpaired) electrons. The van der Waals surface area contributed by atoms with Gasteiger partial charge in [0.2, 0.25) is 0 Å². The standard InChI is InChI=1S/C33H63NO2/c1-4-5-6-7-8-9-10-11-12-13-14-15-16-17-18-21-24-27-32(30-31-34(2)3)28-25-22-19-20-23-26-29-33(35)36/h8-9,19-20,32H,4-7,10-18,21-31H2,1-3H3,(H,35,36)/b9-8-,20-19+. The highest BCUT2D eigenvalue weighted by atomic mass is 16.4. The number of carbonyl (C=O) groups is 1. The van der Waals surface area contributed by atoms with Crippen LogP contribution in [0.2, 0.25) is 0 Å². The minimum Gasteiger partial charge on any atom is -0.481 e. The number of carboxylic acids is 1. The minimum atomic E-state index is -0.686. The van der Waals surface area contributed by atoms with Crippen molar-refractivity contribution >= 4 is 5.97 Å². The summed E-state index contributed by atoms with van der Waals surface area (Å²) in [5, 5.41) is 8.69. The van der Waals surface area contributed by atoms with Crippen molar-refractivity contribution in [3.8, 4) is 0 Å². The van der Waals surface area contributed by atoms with Crippen molar-refractivity contribution in [1.29, 1.82) is 0 Å². The molecule has 0 heterocycles. The van der Waals surface area contributed by atoms with Gasteiger partial charge in [0, 0.05) is 6.42 Å². The maximum Gasteiger partial charge on any atom is 0.303 e. The second-order valence-corrected chi connectivity index (χ2v) is 11.2. The smallest absolute Gasteiger partial charge is 0.303 e. The second-order valence-electron chi connectivity index (χ2n) is 11.2. The molecule has 0 amide bonds. The van der Waals surface area contributed by atoms with Crippen LogP contribution in [-0.4, -0.2) is 36.6 Å². The molecule has 36 heavy (non-hydrogen) atoms. The van der Waals surface area contributed by atoms with Crippen LogP contribution in [0, 0.1) is 5.92 Å². The zero-order valence-electron chi connectivity index (χ0n) is 24.7. The molecular formula is C33H63NO2. The molecular weight excluding hydrogens is 442 g/mol. The van der Waals surface area contributed by atoms with E-state index < -0.39 is 5.97 Å². The summed E-state index contributed by atoms with van der Waals surface area (Å²) in [4.78, 5) is 12.9. The molecule has 212 valence electrons. The van der Waals surface area contributed by atoms with Gasteiger partial charge in [0.15, 0.2) is 0 Å². The summed E-state index contributed by atoms with van der Waals surface area (Å²) in [6.07, 6.45) is 38.4. The van der Waals surface area contributed by atoms with Crippen molar-refractivity contribution in [2.75, 3.05) is 20.6 Å². The molecule has 3 nitrogen and oxygen atoms in total. The van der Waals surface area contributed by atoms with E-state index in [4.69, 9.17) is 5.11 Å². The highest BCUT2D eigenvalue weighted by Gasteiger charge is 2.09. The summed E-state index contributed by atoms with van der Waals surface area (Å²) >= 11 is 0. The number of nitrogens with zero attached hydrogens (tertiary/aromatic N) is 1. The highest BCUT2D eigenvalue weighted by Crippen LogP contribution is 2.22. The third kappa shape index (κ3) is 29.1.